The Bertz CT molecular complexity index is 456. The Morgan fingerprint density at radius 2 is 1.88 bits per heavy atom. The zero-order chi connectivity index (χ0) is 11.2. The van der Waals surface area contributed by atoms with Gasteiger partial charge in [-0.2, -0.15) is 0 Å². The van der Waals surface area contributed by atoms with E-state index in [0.717, 1.165) is 6.42 Å². The average molecular weight is 208 g/mol. The summed E-state index contributed by atoms with van der Waals surface area (Å²) in [5.74, 6) is 0. The number of benzene rings is 1. The second-order valence-electron chi connectivity index (χ2n) is 4.03. The quantitative estimate of drug-likeness (QED) is 0.669. The topological polar surface area (TPSA) is 0 Å². The van der Waals surface area contributed by atoms with Crippen molar-refractivity contribution in [3.63, 3.8) is 0 Å². The lowest BCUT2D eigenvalue weighted by atomic mass is 10.1. The molecule has 1 aromatic rings. The van der Waals surface area contributed by atoms with Crippen LogP contribution in [-0.4, -0.2) is 0 Å². The van der Waals surface area contributed by atoms with Crippen molar-refractivity contribution in [3.8, 4) is 0 Å². The fourth-order valence-corrected chi connectivity index (χ4v) is 1.68. The van der Waals surface area contributed by atoms with Crippen molar-refractivity contribution in [2.45, 2.75) is 13.3 Å². The van der Waals surface area contributed by atoms with Crippen molar-refractivity contribution in [2.75, 3.05) is 0 Å². The molecule has 80 valence electrons. The molecule has 2 rings (SSSR count). The molecular weight excluding hydrogens is 192 g/mol. The minimum Gasteiger partial charge on any atom is -0.0805 e. The van der Waals surface area contributed by atoms with Crippen molar-refractivity contribution in [1.29, 1.82) is 0 Å². The normalized spacial score (nSPS) is 15.8. The first-order valence-corrected chi connectivity index (χ1v) is 5.62. The van der Waals surface area contributed by atoms with Gasteiger partial charge in [-0.05, 0) is 24.5 Å². The summed E-state index contributed by atoms with van der Waals surface area (Å²) in [5.41, 5.74) is 3.90. The van der Waals surface area contributed by atoms with Gasteiger partial charge in [0.25, 0.3) is 0 Å². The van der Waals surface area contributed by atoms with Gasteiger partial charge in [0, 0.05) is 0 Å². The van der Waals surface area contributed by atoms with E-state index in [4.69, 9.17) is 0 Å². The van der Waals surface area contributed by atoms with Crippen LogP contribution in [0, 0.1) is 0 Å². The fraction of sp³-hybridized carbons (Fsp3) is 0.125. The third-order valence-electron chi connectivity index (χ3n) is 2.55. The maximum Gasteiger partial charge on any atom is -0.0135 e. The number of rotatable bonds is 2. The summed E-state index contributed by atoms with van der Waals surface area (Å²) in [6.45, 7) is 2.17. The van der Waals surface area contributed by atoms with Crippen LogP contribution in [0.4, 0.5) is 0 Å². The van der Waals surface area contributed by atoms with E-state index in [0.29, 0.717) is 0 Å². The van der Waals surface area contributed by atoms with E-state index < -0.39 is 0 Å². The largest absolute Gasteiger partial charge is 0.0805 e. The fourth-order valence-electron chi connectivity index (χ4n) is 1.68. The van der Waals surface area contributed by atoms with Gasteiger partial charge in [0.2, 0.25) is 0 Å². The summed E-state index contributed by atoms with van der Waals surface area (Å²) in [7, 11) is 0. The first-order chi connectivity index (χ1) is 7.84. The van der Waals surface area contributed by atoms with Crippen LogP contribution >= 0.6 is 0 Å². The van der Waals surface area contributed by atoms with Crippen LogP contribution < -0.4 is 0 Å². The Morgan fingerprint density at radius 1 is 1.06 bits per heavy atom. The lowest BCUT2D eigenvalue weighted by molar-refractivity contribution is 1.22. The summed E-state index contributed by atoms with van der Waals surface area (Å²) < 4.78 is 0. The molecule has 0 saturated carbocycles. The predicted molar refractivity (Wildman–Crippen MR) is 71.1 cm³/mol. The highest BCUT2D eigenvalue weighted by atomic mass is 14.0. The third kappa shape index (κ3) is 3.09. The second-order valence-corrected chi connectivity index (χ2v) is 4.03. The number of allylic oxidation sites excluding steroid dienone is 7. The van der Waals surface area contributed by atoms with E-state index in [1.807, 2.05) is 6.07 Å². The number of hydrogen-bond donors (Lipinski definition) is 0. The van der Waals surface area contributed by atoms with E-state index in [1.54, 1.807) is 0 Å². The predicted octanol–water partition coefficient (Wildman–Crippen LogP) is 4.53. The minimum atomic E-state index is 1.05. The van der Waals surface area contributed by atoms with Crippen LogP contribution in [0.1, 0.15) is 18.9 Å². The summed E-state index contributed by atoms with van der Waals surface area (Å²) in [6.07, 6.45) is 14.1. The molecule has 0 amide bonds. The Hall–Kier alpha value is -1.82. The summed E-state index contributed by atoms with van der Waals surface area (Å²) in [4.78, 5) is 0. The molecule has 0 atom stereocenters. The first kappa shape index (κ1) is 10.7. The Kier molecular flexibility index (Phi) is 3.55. The molecule has 0 spiro atoms. The van der Waals surface area contributed by atoms with Crippen molar-refractivity contribution in [3.05, 3.63) is 77.4 Å². The van der Waals surface area contributed by atoms with Crippen molar-refractivity contribution in [1.82, 2.24) is 0 Å². The first-order valence-electron chi connectivity index (χ1n) is 5.62. The van der Waals surface area contributed by atoms with Gasteiger partial charge >= 0.3 is 0 Å². The Morgan fingerprint density at radius 3 is 2.69 bits per heavy atom. The maximum atomic E-state index is 2.24. The van der Waals surface area contributed by atoms with Crippen molar-refractivity contribution < 1.29 is 0 Å². The average Bonchev–Trinajstić information content (AvgIpc) is 2.52. The Balaban J connectivity index is 2.16. The van der Waals surface area contributed by atoms with Crippen LogP contribution in [-0.2, 0) is 0 Å². The molecule has 0 heterocycles. The zero-order valence-electron chi connectivity index (χ0n) is 9.56. The lowest BCUT2D eigenvalue weighted by Gasteiger charge is -1.95. The molecule has 0 saturated heterocycles. The molecule has 0 heteroatoms. The third-order valence-corrected chi connectivity index (χ3v) is 2.55. The maximum absolute atomic E-state index is 2.24. The smallest absolute Gasteiger partial charge is 0.0135 e. The van der Waals surface area contributed by atoms with Gasteiger partial charge in [-0.1, -0.05) is 72.4 Å². The lowest BCUT2D eigenvalue weighted by Crippen LogP contribution is -1.75. The highest BCUT2D eigenvalue weighted by Gasteiger charge is 1.93. The van der Waals surface area contributed by atoms with Crippen molar-refractivity contribution >= 4 is 6.08 Å². The molecule has 0 nitrogen and oxygen atoms in total. The molecule has 0 radical (unpaired) electrons. The molecule has 0 aromatic heterocycles. The SMILES string of the molecule is CC1=CC(C=Cc2ccccc2)=CC=CC1. The molecule has 0 N–H and O–H groups in total. The van der Waals surface area contributed by atoms with Gasteiger partial charge in [0.1, 0.15) is 0 Å². The molecule has 16 heavy (non-hydrogen) atoms. The van der Waals surface area contributed by atoms with Crippen molar-refractivity contribution in [2.24, 2.45) is 0 Å². The Labute approximate surface area is 97.3 Å². The van der Waals surface area contributed by atoms with Gasteiger partial charge in [-0.15, -0.1) is 0 Å². The highest BCUT2D eigenvalue weighted by Crippen LogP contribution is 2.14. The molecule has 0 unspecified atom stereocenters. The molecule has 1 aliphatic rings. The van der Waals surface area contributed by atoms with Gasteiger partial charge in [0.05, 0.1) is 0 Å². The van der Waals surface area contributed by atoms with E-state index in [-0.39, 0.29) is 0 Å². The van der Waals surface area contributed by atoms with Crippen LogP contribution in [0.2, 0.25) is 0 Å². The highest BCUT2D eigenvalue weighted by molar-refractivity contribution is 5.55. The summed E-state index contributed by atoms with van der Waals surface area (Å²) in [5, 5.41) is 0. The van der Waals surface area contributed by atoms with Crippen LogP contribution in [0.5, 0.6) is 0 Å². The van der Waals surface area contributed by atoms with Crippen LogP contribution in [0.25, 0.3) is 6.08 Å². The molecule has 1 aromatic carbocycles. The molecular formula is C16H16. The van der Waals surface area contributed by atoms with E-state index in [9.17, 15) is 0 Å². The van der Waals surface area contributed by atoms with E-state index >= 15 is 0 Å². The standard InChI is InChI=1S/C16H16/c1-14-7-5-6-10-16(13-14)12-11-15-8-3-2-4-9-15/h2-6,8-13H,7H2,1H3. The zero-order valence-corrected chi connectivity index (χ0v) is 9.56. The summed E-state index contributed by atoms with van der Waals surface area (Å²) >= 11 is 0. The van der Waals surface area contributed by atoms with E-state index in [2.05, 4.69) is 67.6 Å². The van der Waals surface area contributed by atoms with Crippen LogP contribution in [0.15, 0.2) is 71.9 Å². The van der Waals surface area contributed by atoms with Gasteiger partial charge in [0.15, 0.2) is 0 Å². The van der Waals surface area contributed by atoms with Gasteiger partial charge in [-0.25, -0.2) is 0 Å². The minimum absolute atomic E-state index is 1.05. The second kappa shape index (κ2) is 5.32. The summed E-state index contributed by atoms with van der Waals surface area (Å²) in [6, 6.07) is 10.4. The number of hydrogen-bond acceptors (Lipinski definition) is 0. The van der Waals surface area contributed by atoms with Gasteiger partial charge in [-0.3, -0.25) is 0 Å². The van der Waals surface area contributed by atoms with Crippen LogP contribution in [0.3, 0.4) is 0 Å². The van der Waals surface area contributed by atoms with E-state index in [1.165, 1.54) is 16.7 Å². The van der Waals surface area contributed by atoms with Gasteiger partial charge < -0.3 is 0 Å². The monoisotopic (exact) mass is 208 g/mol. The molecule has 0 bridgehead atoms. The molecule has 0 aliphatic heterocycles. The molecule has 0 fully saturated rings. The molecule has 1 aliphatic carbocycles.